The zero-order valence-corrected chi connectivity index (χ0v) is 9.20. The second kappa shape index (κ2) is 3.62. The molecule has 1 aliphatic heterocycles. The predicted molar refractivity (Wildman–Crippen MR) is 60.4 cm³/mol. The number of anilines is 1. The van der Waals surface area contributed by atoms with Crippen molar-refractivity contribution in [3.05, 3.63) is 35.2 Å². The van der Waals surface area contributed by atoms with Crippen LogP contribution in [-0.2, 0) is 9.53 Å². The molecule has 82 valence electrons. The first-order valence-electron chi connectivity index (χ1n) is 4.99. The summed E-state index contributed by atoms with van der Waals surface area (Å²) >= 11 is 0. The molecule has 2 rings (SSSR count). The summed E-state index contributed by atoms with van der Waals surface area (Å²) in [7, 11) is 0. The first-order valence-corrected chi connectivity index (χ1v) is 4.99. The van der Waals surface area contributed by atoms with Crippen LogP contribution in [0.15, 0.2) is 18.2 Å². The Labute approximate surface area is 94.0 Å². The Morgan fingerprint density at radius 2 is 2.31 bits per heavy atom. The molecule has 1 heterocycles. The Hall–Kier alpha value is -1.86. The molecule has 0 aromatic heterocycles. The standard InChI is InChI=1S/C12H12N2O2/c1-8-6-9(4-5-10(8)13-3)14-11(15)12(2)7-16-12/h4-6H,7H2,1-2H3,(H,14,15)/t12-/m1/s1. The Bertz CT molecular complexity index is 484. The van der Waals surface area contributed by atoms with Crippen LogP contribution in [0, 0.1) is 13.5 Å². The molecule has 0 unspecified atom stereocenters. The summed E-state index contributed by atoms with van der Waals surface area (Å²) < 4.78 is 5.04. The summed E-state index contributed by atoms with van der Waals surface area (Å²) in [5, 5.41) is 2.77. The molecule has 0 saturated carbocycles. The van der Waals surface area contributed by atoms with Gasteiger partial charge >= 0.3 is 0 Å². The van der Waals surface area contributed by atoms with E-state index in [9.17, 15) is 4.79 Å². The number of amides is 1. The number of ether oxygens (including phenoxy) is 1. The summed E-state index contributed by atoms with van der Waals surface area (Å²) in [6.45, 7) is 11.0. The number of carbonyl (C=O) groups excluding carboxylic acids is 1. The van der Waals surface area contributed by atoms with Gasteiger partial charge in [0.05, 0.1) is 13.2 Å². The molecular weight excluding hydrogens is 204 g/mol. The number of carbonyl (C=O) groups is 1. The van der Waals surface area contributed by atoms with Crippen LogP contribution in [0.4, 0.5) is 11.4 Å². The molecule has 1 aliphatic rings. The van der Waals surface area contributed by atoms with E-state index in [4.69, 9.17) is 11.3 Å². The van der Waals surface area contributed by atoms with Crippen LogP contribution < -0.4 is 5.32 Å². The Balaban J connectivity index is 2.14. The van der Waals surface area contributed by atoms with Gasteiger partial charge in [0, 0.05) is 5.69 Å². The van der Waals surface area contributed by atoms with Gasteiger partial charge in [-0.1, -0.05) is 6.07 Å². The minimum atomic E-state index is -0.660. The maximum absolute atomic E-state index is 11.7. The molecule has 0 bridgehead atoms. The highest BCUT2D eigenvalue weighted by atomic mass is 16.6. The minimum absolute atomic E-state index is 0.137. The number of rotatable bonds is 2. The summed E-state index contributed by atoms with van der Waals surface area (Å²) in [5.41, 5.74) is 1.50. The number of benzene rings is 1. The molecule has 1 atom stereocenters. The van der Waals surface area contributed by atoms with Crippen molar-refractivity contribution in [3.63, 3.8) is 0 Å². The molecule has 0 radical (unpaired) electrons. The first kappa shape index (κ1) is 10.7. The van der Waals surface area contributed by atoms with Gasteiger partial charge in [0.1, 0.15) is 0 Å². The van der Waals surface area contributed by atoms with Gasteiger partial charge in [0.15, 0.2) is 11.3 Å². The molecule has 1 amide bonds. The molecule has 1 fully saturated rings. The van der Waals surface area contributed by atoms with E-state index >= 15 is 0 Å². The van der Waals surface area contributed by atoms with Crippen molar-refractivity contribution in [2.45, 2.75) is 19.4 Å². The van der Waals surface area contributed by atoms with Crippen molar-refractivity contribution in [1.82, 2.24) is 0 Å². The van der Waals surface area contributed by atoms with E-state index in [1.807, 2.05) is 6.92 Å². The summed E-state index contributed by atoms with van der Waals surface area (Å²) in [4.78, 5) is 15.0. The molecule has 0 aliphatic carbocycles. The lowest BCUT2D eigenvalue weighted by atomic mass is 10.1. The van der Waals surface area contributed by atoms with Crippen LogP contribution in [0.3, 0.4) is 0 Å². The van der Waals surface area contributed by atoms with E-state index in [0.29, 0.717) is 18.0 Å². The third-order valence-corrected chi connectivity index (χ3v) is 2.63. The van der Waals surface area contributed by atoms with Crippen molar-refractivity contribution in [3.8, 4) is 0 Å². The van der Waals surface area contributed by atoms with Crippen molar-refractivity contribution in [2.75, 3.05) is 11.9 Å². The molecule has 1 aromatic carbocycles. The average Bonchev–Trinajstić information content (AvgIpc) is 2.98. The number of nitrogens with one attached hydrogen (secondary N) is 1. The highest BCUT2D eigenvalue weighted by Crippen LogP contribution is 2.28. The number of epoxide rings is 1. The fraction of sp³-hybridized carbons (Fsp3) is 0.333. The number of aryl methyl sites for hydroxylation is 1. The van der Waals surface area contributed by atoms with Gasteiger partial charge in [-0.15, -0.1) is 0 Å². The van der Waals surface area contributed by atoms with E-state index in [-0.39, 0.29) is 5.91 Å². The zero-order chi connectivity index (χ0) is 11.8. The van der Waals surface area contributed by atoms with Crippen molar-refractivity contribution in [2.24, 2.45) is 0 Å². The number of hydrogen-bond acceptors (Lipinski definition) is 2. The van der Waals surface area contributed by atoms with Crippen LogP contribution in [0.2, 0.25) is 0 Å². The second-order valence-corrected chi connectivity index (χ2v) is 4.09. The van der Waals surface area contributed by atoms with Crippen LogP contribution in [0.1, 0.15) is 12.5 Å². The van der Waals surface area contributed by atoms with Gasteiger partial charge < -0.3 is 10.1 Å². The van der Waals surface area contributed by atoms with Crippen LogP contribution in [0.25, 0.3) is 4.85 Å². The smallest absolute Gasteiger partial charge is 0.258 e. The maximum atomic E-state index is 11.7. The van der Waals surface area contributed by atoms with Crippen molar-refractivity contribution >= 4 is 17.3 Å². The zero-order valence-electron chi connectivity index (χ0n) is 9.20. The third kappa shape index (κ3) is 1.90. The van der Waals surface area contributed by atoms with Gasteiger partial charge in [0.25, 0.3) is 5.91 Å². The second-order valence-electron chi connectivity index (χ2n) is 4.09. The Kier molecular flexibility index (Phi) is 2.41. The lowest BCUT2D eigenvalue weighted by Crippen LogP contribution is -2.28. The van der Waals surface area contributed by atoms with Gasteiger partial charge in [-0.3, -0.25) is 4.79 Å². The lowest BCUT2D eigenvalue weighted by Gasteiger charge is -2.08. The molecule has 1 N–H and O–H groups in total. The monoisotopic (exact) mass is 216 g/mol. The van der Waals surface area contributed by atoms with Gasteiger partial charge in [-0.05, 0) is 31.5 Å². The predicted octanol–water partition coefficient (Wildman–Crippen LogP) is 2.27. The molecule has 4 heteroatoms. The van der Waals surface area contributed by atoms with E-state index in [2.05, 4.69) is 10.2 Å². The van der Waals surface area contributed by atoms with Crippen molar-refractivity contribution < 1.29 is 9.53 Å². The maximum Gasteiger partial charge on any atom is 0.258 e. The molecular formula is C12H12N2O2. The van der Waals surface area contributed by atoms with E-state index < -0.39 is 5.60 Å². The summed E-state index contributed by atoms with van der Waals surface area (Å²) in [6.07, 6.45) is 0. The van der Waals surface area contributed by atoms with E-state index in [1.54, 1.807) is 25.1 Å². The van der Waals surface area contributed by atoms with Crippen LogP contribution in [-0.4, -0.2) is 18.1 Å². The van der Waals surface area contributed by atoms with E-state index in [0.717, 1.165) is 5.56 Å². The van der Waals surface area contributed by atoms with Gasteiger partial charge in [-0.25, -0.2) is 4.85 Å². The molecule has 1 aromatic rings. The lowest BCUT2D eigenvalue weighted by molar-refractivity contribution is -0.120. The highest BCUT2D eigenvalue weighted by Gasteiger charge is 2.47. The van der Waals surface area contributed by atoms with Gasteiger partial charge in [0.2, 0.25) is 0 Å². The first-order chi connectivity index (χ1) is 7.55. The normalized spacial score (nSPS) is 22.3. The largest absolute Gasteiger partial charge is 0.359 e. The number of hydrogen-bond donors (Lipinski definition) is 1. The highest BCUT2D eigenvalue weighted by molar-refractivity contribution is 5.98. The SMILES string of the molecule is [C-]#[N+]c1ccc(NC(=O)[C@@]2(C)CO2)cc1C. The molecule has 0 spiro atoms. The van der Waals surface area contributed by atoms with E-state index in [1.165, 1.54) is 0 Å². The van der Waals surface area contributed by atoms with Crippen LogP contribution >= 0.6 is 0 Å². The van der Waals surface area contributed by atoms with Crippen molar-refractivity contribution in [1.29, 1.82) is 0 Å². The fourth-order valence-corrected chi connectivity index (χ4v) is 1.36. The molecule has 16 heavy (non-hydrogen) atoms. The average molecular weight is 216 g/mol. The molecule has 1 saturated heterocycles. The fourth-order valence-electron chi connectivity index (χ4n) is 1.36. The molecule has 4 nitrogen and oxygen atoms in total. The Morgan fingerprint density at radius 3 is 2.81 bits per heavy atom. The summed E-state index contributed by atoms with van der Waals surface area (Å²) in [5.74, 6) is -0.137. The van der Waals surface area contributed by atoms with Gasteiger partial charge in [-0.2, -0.15) is 0 Å². The Morgan fingerprint density at radius 1 is 1.62 bits per heavy atom. The quantitative estimate of drug-likeness (QED) is 0.609. The van der Waals surface area contributed by atoms with Crippen LogP contribution in [0.5, 0.6) is 0 Å². The number of nitrogens with zero attached hydrogens (tertiary/aromatic N) is 1. The third-order valence-electron chi connectivity index (χ3n) is 2.63. The summed E-state index contributed by atoms with van der Waals surface area (Å²) in [6, 6.07) is 5.22. The topological polar surface area (TPSA) is 46.0 Å². The minimum Gasteiger partial charge on any atom is -0.359 e.